The molecule has 0 N–H and O–H groups in total. The second-order valence-electron chi connectivity index (χ2n) is 5.18. The minimum Gasteiger partial charge on any atom is -0.465 e. The third-order valence-electron chi connectivity index (χ3n) is 3.88. The lowest BCUT2D eigenvalue weighted by Crippen LogP contribution is -2.05. The van der Waals surface area contributed by atoms with Crippen LogP contribution in [-0.2, 0) is 4.74 Å². The Labute approximate surface area is 114 Å². The Bertz CT molecular complexity index is 442. The largest absolute Gasteiger partial charge is 0.465 e. The first-order chi connectivity index (χ1) is 9.20. The smallest absolute Gasteiger partial charge is 0.337 e. The van der Waals surface area contributed by atoms with Gasteiger partial charge in [0.1, 0.15) is 0 Å². The van der Waals surface area contributed by atoms with Crippen molar-refractivity contribution in [1.29, 1.82) is 0 Å². The molecule has 0 aromatic heterocycles. The van der Waals surface area contributed by atoms with Crippen molar-refractivity contribution in [3.63, 3.8) is 0 Å². The molecule has 1 aromatic rings. The highest BCUT2D eigenvalue weighted by atomic mass is 16.5. The molecule has 0 unspecified atom stereocenters. The molecule has 1 aromatic carbocycles. The van der Waals surface area contributed by atoms with Crippen LogP contribution in [0.5, 0.6) is 0 Å². The van der Waals surface area contributed by atoms with Crippen LogP contribution in [0.2, 0.25) is 0 Å². The summed E-state index contributed by atoms with van der Waals surface area (Å²) in [5.74, 6) is 0.534. The summed E-state index contributed by atoms with van der Waals surface area (Å²) in [6.07, 6.45) is 6.78. The SMILES string of the molecule is COC(=O)c1ccc(C(=O)CCC2CCCC2)cc1. The van der Waals surface area contributed by atoms with Gasteiger partial charge in [0.2, 0.25) is 0 Å². The van der Waals surface area contributed by atoms with E-state index in [0.29, 0.717) is 17.5 Å². The van der Waals surface area contributed by atoms with Crippen molar-refractivity contribution in [2.75, 3.05) is 7.11 Å². The van der Waals surface area contributed by atoms with Crippen molar-refractivity contribution in [1.82, 2.24) is 0 Å². The third kappa shape index (κ3) is 3.66. The van der Waals surface area contributed by atoms with Crippen molar-refractivity contribution in [2.24, 2.45) is 5.92 Å². The number of esters is 1. The van der Waals surface area contributed by atoms with Gasteiger partial charge < -0.3 is 4.74 Å². The Morgan fingerprint density at radius 3 is 2.26 bits per heavy atom. The Balaban J connectivity index is 1.89. The van der Waals surface area contributed by atoms with E-state index in [-0.39, 0.29) is 11.8 Å². The fourth-order valence-electron chi connectivity index (χ4n) is 2.69. The van der Waals surface area contributed by atoms with Crippen molar-refractivity contribution >= 4 is 11.8 Å². The molecule has 3 nitrogen and oxygen atoms in total. The molecule has 0 aliphatic heterocycles. The van der Waals surface area contributed by atoms with Crippen LogP contribution in [0.25, 0.3) is 0 Å². The third-order valence-corrected chi connectivity index (χ3v) is 3.88. The van der Waals surface area contributed by atoms with E-state index in [9.17, 15) is 9.59 Å². The number of benzene rings is 1. The lowest BCUT2D eigenvalue weighted by molar-refractivity contribution is 0.0600. The minimum atomic E-state index is -0.370. The zero-order valence-corrected chi connectivity index (χ0v) is 11.4. The molecule has 1 saturated carbocycles. The molecule has 1 aliphatic carbocycles. The van der Waals surface area contributed by atoms with E-state index in [1.165, 1.54) is 32.8 Å². The monoisotopic (exact) mass is 260 g/mol. The van der Waals surface area contributed by atoms with Crippen molar-refractivity contribution in [2.45, 2.75) is 38.5 Å². The predicted molar refractivity (Wildman–Crippen MR) is 73.3 cm³/mol. The summed E-state index contributed by atoms with van der Waals surface area (Å²) in [6, 6.07) is 6.72. The molecular weight excluding hydrogens is 240 g/mol. The number of ether oxygens (including phenoxy) is 1. The number of hydrogen-bond acceptors (Lipinski definition) is 3. The first kappa shape index (κ1) is 13.8. The van der Waals surface area contributed by atoms with E-state index in [2.05, 4.69) is 4.74 Å². The molecule has 3 heteroatoms. The summed E-state index contributed by atoms with van der Waals surface area (Å²) in [6.45, 7) is 0. The summed E-state index contributed by atoms with van der Waals surface area (Å²) < 4.78 is 4.63. The van der Waals surface area contributed by atoms with Gasteiger partial charge in [0.15, 0.2) is 5.78 Å². The van der Waals surface area contributed by atoms with Gasteiger partial charge in [-0.15, -0.1) is 0 Å². The average molecular weight is 260 g/mol. The molecule has 0 atom stereocenters. The summed E-state index contributed by atoms with van der Waals surface area (Å²) >= 11 is 0. The Morgan fingerprint density at radius 1 is 1.11 bits per heavy atom. The molecule has 2 rings (SSSR count). The molecule has 0 bridgehead atoms. The number of methoxy groups -OCH3 is 1. The maximum atomic E-state index is 12.0. The second-order valence-corrected chi connectivity index (χ2v) is 5.18. The van der Waals surface area contributed by atoms with Crippen LogP contribution in [0.3, 0.4) is 0 Å². The minimum absolute atomic E-state index is 0.170. The molecule has 0 saturated heterocycles. The van der Waals surface area contributed by atoms with Crippen molar-refractivity contribution < 1.29 is 14.3 Å². The van der Waals surface area contributed by atoms with E-state index in [4.69, 9.17) is 0 Å². The van der Waals surface area contributed by atoms with Crippen LogP contribution in [0.15, 0.2) is 24.3 Å². The van der Waals surface area contributed by atoms with Gasteiger partial charge in [0.05, 0.1) is 12.7 Å². The summed E-state index contributed by atoms with van der Waals surface area (Å²) in [4.78, 5) is 23.3. The Morgan fingerprint density at radius 2 is 1.68 bits per heavy atom. The fourth-order valence-corrected chi connectivity index (χ4v) is 2.69. The number of carbonyl (C=O) groups excluding carboxylic acids is 2. The molecule has 0 radical (unpaired) electrons. The average Bonchev–Trinajstić information content (AvgIpc) is 2.97. The first-order valence-electron chi connectivity index (χ1n) is 6.92. The Hall–Kier alpha value is -1.64. The van der Waals surface area contributed by atoms with Crippen LogP contribution in [0, 0.1) is 5.92 Å². The summed E-state index contributed by atoms with van der Waals surface area (Å²) in [7, 11) is 1.35. The van der Waals surface area contributed by atoms with Gasteiger partial charge in [-0.2, -0.15) is 0 Å². The van der Waals surface area contributed by atoms with Gasteiger partial charge in [0, 0.05) is 12.0 Å². The maximum Gasteiger partial charge on any atom is 0.337 e. The van der Waals surface area contributed by atoms with E-state index >= 15 is 0 Å². The standard InChI is InChI=1S/C16H20O3/c1-19-16(18)14-9-7-13(8-10-14)15(17)11-6-12-4-2-3-5-12/h7-10,12H,2-6,11H2,1H3. The van der Waals surface area contributed by atoms with Crippen LogP contribution >= 0.6 is 0 Å². The van der Waals surface area contributed by atoms with Gasteiger partial charge >= 0.3 is 5.97 Å². The topological polar surface area (TPSA) is 43.4 Å². The quantitative estimate of drug-likeness (QED) is 0.600. The summed E-state index contributed by atoms with van der Waals surface area (Å²) in [5, 5.41) is 0. The molecule has 0 heterocycles. The lowest BCUT2D eigenvalue weighted by atomic mass is 9.97. The first-order valence-corrected chi connectivity index (χ1v) is 6.92. The number of ketones is 1. The highest BCUT2D eigenvalue weighted by Crippen LogP contribution is 2.29. The molecule has 102 valence electrons. The number of Topliss-reactive ketones (excluding diaryl/α,β-unsaturated/α-hetero) is 1. The Kier molecular flexibility index (Phi) is 4.72. The number of hydrogen-bond donors (Lipinski definition) is 0. The van der Waals surface area contributed by atoms with Crippen LogP contribution in [0.1, 0.15) is 59.2 Å². The van der Waals surface area contributed by atoms with Gasteiger partial charge in [-0.25, -0.2) is 4.79 Å². The van der Waals surface area contributed by atoms with E-state index < -0.39 is 0 Å². The molecule has 0 amide bonds. The van der Waals surface area contributed by atoms with Crippen LogP contribution in [-0.4, -0.2) is 18.9 Å². The van der Waals surface area contributed by atoms with Crippen LogP contribution in [0.4, 0.5) is 0 Å². The van der Waals surface area contributed by atoms with Gasteiger partial charge in [-0.3, -0.25) is 4.79 Å². The van der Waals surface area contributed by atoms with Gasteiger partial charge in [-0.05, 0) is 24.5 Å². The number of carbonyl (C=O) groups is 2. The molecule has 19 heavy (non-hydrogen) atoms. The molecule has 0 spiro atoms. The van der Waals surface area contributed by atoms with Gasteiger partial charge in [-0.1, -0.05) is 37.8 Å². The number of rotatable bonds is 5. The van der Waals surface area contributed by atoms with Crippen molar-refractivity contribution in [3.8, 4) is 0 Å². The molecular formula is C16H20O3. The normalized spacial score (nSPS) is 15.4. The van der Waals surface area contributed by atoms with Crippen LogP contribution < -0.4 is 0 Å². The second kappa shape index (κ2) is 6.50. The molecule has 1 fully saturated rings. The highest BCUT2D eigenvalue weighted by molar-refractivity contribution is 5.97. The van der Waals surface area contributed by atoms with E-state index in [0.717, 1.165) is 12.3 Å². The maximum absolute atomic E-state index is 12.0. The predicted octanol–water partition coefficient (Wildman–Crippen LogP) is 3.63. The van der Waals surface area contributed by atoms with Crippen molar-refractivity contribution in [3.05, 3.63) is 35.4 Å². The summed E-state index contributed by atoms with van der Waals surface area (Å²) in [5.41, 5.74) is 1.17. The van der Waals surface area contributed by atoms with E-state index in [1.54, 1.807) is 24.3 Å². The fraction of sp³-hybridized carbons (Fsp3) is 0.500. The zero-order valence-electron chi connectivity index (χ0n) is 11.4. The van der Waals surface area contributed by atoms with Gasteiger partial charge in [0.25, 0.3) is 0 Å². The molecule has 1 aliphatic rings. The zero-order chi connectivity index (χ0) is 13.7. The van der Waals surface area contributed by atoms with E-state index in [1.807, 2.05) is 0 Å². The lowest BCUT2D eigenvalue weighted by Gasteiger charge is -2.08. The highest BCUT2D eigenvalue weighted by Gasteiger charge is 2.17.